The number of aromatic hydroxyl groups is 1. The third-order valence-corrected chi connectivity index (χ3v) is 3.82. The Morgan fingerprint density at radius 2 is 2.21 bits per heavy atom. The Labute approximate surface area is 114 Å². The molecule has 19 heavy (non-hydrogen) atoms. The first-order valence-electron chi connectivity index (χ1n) is 5.83. The summed E-state index contributed by atoms with van der Waals surface area (Å²) in [7, 11) is 0. The van der Waals surface area contributed by atoms with Crippen molar-refractivity contribution in [2.45, 2.75) is 13.8 Å². The molecule has 2 rings (SSSR count). The predicted molar refractivity (Wildman–Crippen MR) is 74.3 cm³/mol. The van der Waals surface area contributed by atoms with E-state index >= 15 is 0 Å². The molecule has 2 heterocycles. The summed E-state index contributed by atoms with van der Waals surface area (Å²) in [6.45, 7) is 4.24. The quantitative estimate of drug-likeness (QED) is 0.897. The van der Waals surface area contributed by atoms with Crippen LogP contribution in [0.2, 0.25) is 0 Å². The molecule has 0 unspecified atom stereocenters. The number of rotatable bonds is 3. The number of aryl methyl sites for hydroxylation is 1. The Bertz CT molecular complexity index is 673. The second-order valence-electron chi connectivity index (χ2n) is 4.05. The van der Waals surface area contributed by atoms with E-state index in [4.69, 9.17) is 0 Å². The summed E-state index contributed by atoms with van der Waals surface area (Å²) < 4.78 is 1.40. The van der Waals surface area contributed by atoms with Gasteiger partial charge < -0.3 is 10.4 Å². The first-order chi connectivity index (χ1) is 9.02. The van der Waals surface area contributed by atoms with Gasteiger partial charge in [0.05, 0.1) is 4.88 Å². The van der Waals surface area contributed by atoms with Gasteiger partial charge in [0.2, 0.25) is 0 Å². The molecule has 0 aliphatic carbocycles. The highest BCUT2D eigenvalue weighted by Crippen LogP contribution is 2.24. The lowest BCUT2D eigenvalue weighted by atomic mass is 10.3. The molecule has 5 nitrogen and oxygen atoms in total. The third kappa shape index (κ3) is 2.68. The molecule has 0 saturated heterocycles. The molecule has 2 N–H and O–H groups in total. The number of hydrogen-bond donors (Lipinski definition) is 2. The summed E-state index contributed by atoms with van der Waals surface area (Å²) in [6, 6.07) is 4.36. The normalized spacial score (nSPS) is 10.4. The lowest BCUT2D eigenvalue weighted by Gasteiger charge is -2.01. The average molecular weight is 278 g/mol. The minimum absolute atomic E-state index is 0.0709. The molecule has 0 aromatic carbocycles. The standard InChI is InChI=1S/C13H14N2O3S/c1-3-14-13(18)12-8(2)6-11(19-12)15-5-4-9(16)7-10(15)17/h4-7,16H,3H2,1-2H3,(H,14,18). The van der Waals surface area contributed by atoms with Crippen LogP contribution in [0, 0.1) is 6.92 Å². The third-order valence-electron chi connectivity index (χ3n) is 2.59. The summed E-state index contributed by atoms with van der Waals surface area (Å²) >= 11 is 1.25. The maximum Gasteiger partial charge on any atom is 0.261 e. The van der Waals surface area contributed by atoms with Crippen LogP contribution in [-0.2, 0) is 0 Å². The zero-order chi connectivity index (χ0) is 14.0. The molecule has 0 spiro atoms. The van der Waals surface area contributed by atoms with E-state index in [1.807, 2.05) is 13.8 Å². The molecule has 0 radical (unpaired) electrons. The van der Waals surface area contributed by atoms with E-state index in [1.54, 1.807) is 6.07 Å². The van der Waals surface area contributed by atoms with Crippen LogP contribution in [-0.4, -0.2) is 22.1 Å². The molecule has 0 bridgehead atoms. The van der Waals surface area contributed by atoms with Gasteiger partial charge >= 0.3 is 0 Å². The number of amides is 1. The van der Waals surface area contributed by atoms with Crippen LogP contribution in [0.25, 0.3) is 5.00 Å². The Balaban J connectivity index is 2.45. The van der Waals surface area contributed by atoms with Gasteiger partial charge in [-0.15, -0.1) is 11.3 Å². The minimum Gasteiger partial charge on any atom is -0.508 e. The van der Waals surface area contributed by atoms with Gasteiger partial charge in [-0.25, -0.2) is 0 Å². The second kappa shape index (κ2) is 5.27. The molecule has 100 valence electrons. The summed E-state index contributed by atoms with van der Waals surface area (Å²) in [5, 5.41) is 12.6. The van der Waals surface area contributed by atoms with Crippen molar-refractivity contribution < 1.29 is 9.90 Å². The number of thiophene rings is 1. The largest absolute Gasteiger partial charge is 0.508 e. The topological polar surface area (TPSA) is 71.3 Å². The van der Waals surface area contributed by atoms with Gasteiger partial charge in [-0.3, -0.25) is 14.2 Å². The fourth-order valence-corrected chi connectivity index (χ4v) is 2.78. The number of aromatic nitrogens is 1. The lowest BCUT2D eigenvalue weighted by Crippen LogP contribution is -2.22. The molecule has 0 aliphatic rings. The Hall–Kier alpha value is -2.08. The monoisotopic (exact) mass is 278 g/mol. The predicted octanol–water partition coefficient (Wildman–Crippen LogP) is 1.66. The van der Waals surface area contributed by atoms with Crippen molar-refractivity contribution in [3.05, 3.63) is 45.2 Å². The summed E-state index contributed by atoms with van der Waals surface area (Å²) in [6.07, 6.45) is 1.49. The first kappa shape index (κ1) is 13.4. The van der Waals surface area contributed by atoms with Gasteiger partial charge in [-0.2, -0.15) is 0 Å². The van der Waals surface area contributed by atoms with E-state index in [0.29, 0.717) is 16.4 Å². The molecule has 1 amide bonds. The summed E-state index contributed by atoms with van der Waals surface area (Å²) in [5.74, 6) is -0.207. The molecule has 2 aromatic rings. The highest BCUT2D eigenvalue weighted by Gasteiger charge is 2.14. The molecule has 0 atom stereocenters. The number of carbonyl (C=O) groups is 1. The minimum atomic E-state index is -0.330. The number of pyridine rings is 1. The van der Waals surface area contributed by atoms with Gasteiger partial charge in [0.15, 0.2) is 0 Å². The van der Waals surface area contributed by atoms with Crippen LogP contribution in [0.4, 0.5) is 0 Å². The molecule has 2 aromatic heterocycles. The fourth-order valence-electron chi connectivity index (χ4n) is 1.70. The van der Waals surface area contributed by atoms with Gasteiger partial charge in [0, 0.05) is 18.8 Å². The maximum absolute atomic E-state index is 11.8. The van der Waals surface area contributed by atoms with Crippen LogP contribution in [0.1, 0.15) is 22.2 Å². The number of hydrogen-bond acceptors (Lipinski definition) is 4. The van der Waals surface area contributed by atoms with Crippen molar-refractivity contribution >= 4 is 17.2 Å². The van der Waals surface area contributed by atoms with Crippen LogP contribution < -0.4 is 10.9 Å². The van der Waals surface area contributed by atoms with Crippen LogP contribution in [0.5, 0.6) is 5.75 Å². The SMILES string of the molecule is CCNC(=O)c1sc(-n2ccc(O)cc2=O)cc1C. The number of nitrogens with one attached hydrogen (secondary N) is 1. The summed E-state index contributed by atoms with van der Waals surface area (Å²) in [4.78, 5) is 24.2. The van der Waals surface area contributed by atoms with Crippen LogP contribution in [0.15, 0.2) is 29.2 Å². The van der Waals surface area contributed by atoms with E-state index in [1.165, 1.54) is 28.2 Å². The van der Waals surface area contributed by atoms with Gasteiger partial charge in [-0.05, 0) is 31.5 Å². The zero-order valence-electron chi connectivity index (χ0n) is 10.6. The van der Waals surface area contributed by atoms with E-state index in [-0.39, 0.29) is 17.2 Å². The molecule has 0 aliphatic heterocycles. The zero-order valence-corrected chi connectivity index (χ0v) is 11.5. The average Bonchev–Trinajstić information content (AvgIpc) is 2.71. The van der Waals surface area contributed by atoms with Crippen molar-refractivity contribution in [3.8, 4) is 10.8 Å². The maximum atomic E-state index is 11.8. The first-order valence-corrected chi connectivity index (χ1v) is 6.65. The Morgan fingerprint density at radius 3 is 2.84 bits per heavy atom. The van der Waals surface area contributed by atoms with Crippen molar-refractivity contribution in [2.24, 2.45) is 0 Å². The van der Waals surface area contributed by atoms with Crippen LogP contribution in [0.3, 0.4) is 0 Å². The van der Waals surface area contributed by atoms with Gasteiger partial charge in [0.25, 0.3) is 11.5 Å². The Kier molecular flexibility index (Phi) is 3.71. The molecular weight excluding hydrogens is 264 g/mol. The second-order valence-corrected chi connectivity index (χ2v) is 5.08. The highest BCUT2D eigenvalue weighted by atomic mass is 32.1. The van der Waals surface area contributed by atoms with Gasteiger partial charge in [-0.1, -0.05) is 0 Å². The smallest absolute Gasteiger partial charge is 0.261 e. The molecular formula is C13H14N2O3S. The van der Waals surface area contributed by atoms with Crippen molar-refractivity contribution in [3.63, 3.8) is 0 Å². The Morgan fingerprint density at radius 1 is 1.47 bits per heavy atom. The molecule has 6 heteroatoms. The van der Waals surface area contributed by atoms with E-state index < -0.39 is 0 Å². The van der Waals surface area contributed by atoms with E-state index in [2.05, 4.69) is 5.32 Å². The van der Waals surface area contributed by atoms with Crippen molar-refractivity contribution in [2.75, 3.05) is 6.54 Å². The fraction of sp³-hybridized carbons (Fsp3) is 0.231. The molecule has 0 saturated carbocycles. The molecule has 0 fully saturated rings. The van der Waals surface area contributed by atoms with E-state index in [9.17, 15) is 14.7 Å². The van der Waals surface area contributed by atoms with Gasteiger partial charge in [0.1, 0.15) is 10.8 Å². The highest BCUT2D eigenvalue weighted by molar-refractivity contribution is 7.16. The van der Waals surface area contributed by atoms with Crippen molar-refractivity contribution in [1.29, 1.82) is 0 Å². The van der Waals surface area contributed by atoms with Crippen molar-refractivity contribution in [1.82, 2.24) is 9.88 Å². The summed E-state index contributed by atoms with van der Waals surface area (Å²) in [5.41, 5.74) is 0.495. The van der Waals surface area contributed by atoms with Crippen LogP contribution >= 0.6 is 11.3 Å². The lowest BCUT2D eigenvalue weighted by molar-refractivity contribution is 0.0959. The van der Waals surface area contributed by atoms with E-state index in [0.717, 1.165) is 11.6 Å². The number of nitrogens with zero attached hydrogens (tertiary/aromatic N) is 1. The number of carbonyl (C=O) groups excluding carboxylic acids is 1.